The number of hydrogen-bond acceptors (Lipinski definition) is 4. The normalized spacial score (nSPS) is 11.4. The Hall–Kier alpha value is -0.910. The Balaban J connectivity index is 2.13. The van der Waals surface area contributed by atoms with Crippen molar-refractivity contribution < 1.29 is 9.47 Å². The van der Waals surface area contributed by atoms with Gasteiger partial charge in [0, 0.05) is 39.0 Å². The molecule has 5 nitrogen and oxygen atoms in total. The number of nitrogens with zero attached hydrogens (tertiary/aromatic N) is 2. The first-order valence-electron chi connectivity index (χ1n) is 7.03. The highest BCUT2D eigenvalue weighted by Crippen LogP contribution is 2.03. The molecule has 1 aromatic rings. The van der Waals surface area contributed by atoms with Crippen LogP contribution in [0.1, 0.15) is 32.4 Å². The summed E-state index contributed by atoms with van der Waals surface area (Å²) in [5.74, 6) is 0. The quantitative estimate of drug-likeness (QED) is 0.623. The average molecular weight is 269 g/mol. The summed E-state index contributed by atoms with van der Waals surface area (Å²) in [6, 6.07) is 0.498. The molecule has 0 aromatic carbocycles. The van der Waals surface area contributed by atoms with Crippen molar-refractivity contribution in [2.75, 3.05) is 26.9 Å². The van der Waals surface area contributed by atoms with Gasteiger partial charge in [-0.25, -0.2) is 4.98 Å². The molecular formula is C14H27N3O2. The monoisotopic (exact) mass is 269 g/mol. The molecule has 1 N–H and O–H groups in total. The first kappa shape index (κ1) is 16.1. The third-order valence-electron chi connectivity index (χ3n) is 2.86. The summed E-state index contributed by atoms with van der Waals surface area (Å²) in [6.45, 7) is 8.34. The molecule has 0 spiro atoms. The lowest BCUT2D eigenvalue weighted by atomic mass is 10.3. The predicted molar refractivity (Wildman–Crippen MR) is 76.1 cm³/mol. The molecule has 1 heterocycles. The van der Waals surface area contributed by atoms with E-state index in [2.05, 4.69) is 28.7 Å². The summed E-state index contributed by atoms with van der Waals surface area (Å²) in [5.41, 5.74) is 1.24. The molecule has 0 atom stereocenters. The van der Waals surface area contributed by atoms with Gasteiger partial charge in [0.2, 0.25) is 0 Å². The predicted octanol–water partition coefficient (Wildman–Crippen LogP) is 1.82. The summed E-state index contributed by atoms with van der Waals surface area (Å²) in [6.07, 6.45) is 6.02. The minimum atomic E-state index is 0.498. The third kappa shape index (κ3) is 7.30. The topological polar surface area (TPSA) is 48.3 Å². The van der Waals surface area contributed by atoms with Crippen molar-refractivity contribution in [2.24, 2.45) is 0 Å². The second-order valence-corrected chi connectivity index (χ2v) is 4.93. The van der Waals surface area contributed by atoms with E-state index < -0.39 is 0 Å². The zero-order chi connectivity index (χ0) is 13.9. The van der Waals surface area contributed by atoms with Crippen molar-refractivity contribution in [1.29, 1.82) is 0 Å². The fourth-order valence-electron chi connectivity index (χ4n) is 1.74. The lowest BCUT2D eigenvalue weighted by molar-refractivity contribution is 0.0684. The lowest BCUT2D eigenvalue weighted by Crippen LogP contribution is -2.23. The summed E-state index contributed by atoms with van der Waals surface area (Å²) in [7, 11) is 1.69. The van der Waals surface area contributed by atoms with Crippen molar-refractivity contribution in [3.8, 4) is 0 Å². The number of unbranched alkanes of at least 4 members (excludes halogenated alkanes) is 1. The molecule has 0 bridgehead atoms. The van der Waals surface area contributed by atoms with Gasteiger partial charge in [0.15, 0.2) is 0 Å². The van der Waals surface area contributed by atoms with Crippen molar-refractivity contribution in [2.45, 2.75) is 45.8 Å². The minimum Gasteiger partial charge on any atom is -0.382 e. The van der Waals surface area contributed by atoms with E-state index in [-0.39, 0.29) is 0 Å². The highest BCUT2D eigenvalue weighted by atomic mass is 16.5. The van der Waals surface area contributed by atoms with E-state index >= 15 is 0 Å². The molecule has 0 radical (unpaired) electrons. The molecule has 0 aliphatic rings. The van der Waals surface area contributed by atoms with Crippen molar-refractivity contribution >= 4 is 0 Å². The van der Waals surface area contributed by atoms with Gasteiger partial charge in [-0.15, -0.1) is 0 Å². The molecule has 110 valence electrons. The van der Waals surface area contributed by atoms with Crippen LogP contribution >= 0.6 is 0 Å². The molecule has 0 aliphatic carbocycles. The Labute approximate surface area is 116 Å². The molecule has 0 unspecified atom stereocenters. The van der Waals surface area contributed by atoms with E-state index in [4.69, 9.17) is 9.47 Å². The summed E-state index contributed by atoms with van der Waals surface area (Å²) in [4.78, 5) is 4.21. The number of imidazole rings is 1. The summed E-state index contributed by atoms with van der Waals surface area (Å²) in [5, 5.41) is 3.41. The number of hydrogen-bond donors (Lipinski definition) is 1. The van der Waals surface area contributed by atoms with Gasteiger partial charge < -0.3 is 19.4 Å². The van der Waals surface area contributed by atoms with Crippen LogP contribution in [0.5, 0.6) is 0 Å². The smallest absolute Gasteiger partial charge is 0.0948 e. The van der Waals surface area contributed by atoms with Crippen LogP contribution in [0.2, 0.25) is 0 Å². The van der Waals surface area contributed by atoms with Crippen molar-refractivity contribution in [3.63, 3.8) is 0 Å². The van der Waals surface area contributed by atoms with Gasteiger partial charge in [-0.1, -0.05) is 13.8 Å². The Kier molecular flexibility index (Phi) is 8.45. The molecule has 0 saturated carbocycles. The SMILES string of the molecule is COCCOCCCCn1cncc1CNC(C)C. The second-order valence-electron chi connectivity index (χ2n) is 4.93. The van der Waals surface area contributed by atoms with Crippen LogP contribution in [-0.4, -0.2) is 42.5 Å². The van der Waals surface area contributed by atoms with Crippen molar-refractivity contribution in [3.05, 3.63) is 18.2 Å². The van der Waals surface area contributed by atoms with Crippen LogP contribution in [0.25, 0.3) is 0 Å². The second kappa shape index (κ2) is 9.95. The van der Waals surface area contributed by atoms with Gasteiger partial charge in [-0.3, -0.25) is 0 Å². The van der Waals surface area contributed by atoms with Crippen LogP contribution < -0.4 is 5.32 Å². The van der Waals surface area contributed by atoms with Gasteiger partial charge >= 0.3 is 0 Å². The number of methoxy groups -OCH3 is 1. The van der Waals surface area contributed by atoms with E-state index in [1.165, 1.54) is 5.69 Å². The molecule has 19 heavy (non-hydrogen) atoms. The Morgan fingerprint density at radius 1 is 1.26 bits per heavy atom. The van der Waals surface area contributed by atoms with Crippen LogP contribution in [-0.2, 0) is 22.6 Å². The molecule has 0 aliphatic heterocycles. The van der Waals surface area contributed by atoms with E-state index in [1.807, 2.05) is 12.5 Å². The molecule has 0 fully saturated rings. The molecule has 0 amide bonds. The minimum absolute atomic E-state index is 0.498. The van der Waals surface area contributed by atoms with Crippen LogP contribution in [0, 0.1) is 0 Å². The fraction of sp³-hybridized carbons (Fsp3) is 0.786. The van der Waals surface area contributed by atoms with Crippen LogP contribution in [0.3, 0.4) is 0 Å². The maximum Gasteiger partial charge on any atom is 0.0948 e. The Bertz CT molecular complexity index is 326. The molecule has 1 rings (SSSR count). The number of ether oxygens (including phenoxy) is 2. The standard InChI is InChI=1S/C14H27N3O2/c1-13(2)16-11-14-10-15-12-17(14)6-4-5-7-19-9-8-18-3/h10,12-13,16H,4-9,11H2,1-3H3. The summed E-state index contributed by atoms with van der Waals surface area (Å²) >= 11 is 0. The maximum atomic E-state index is 5.44. The Morgan fingerprint density at radius 3 is 2.84 bits per heavy atom. The van der Waals surface area contributed by atoms with Crippen molar-refractivity contribution in [1.82, 2.24) is 14.9 Å². The van der Waals surface area contributed by atoms with Gasteiger partial charge in [-0.2, -0.15) is 0 Å². The molecule has 5 heteroatoms. The van der Waals surface area contributed by atoms with E-state index in [9.17, 15) is 0 Å². The number of rotatable bonds is 11. The molecular weight excluding hydrogens is 242 g/mol. The van der Waals surface area contributed by atoms with Gasteiger partial charge in [0.05, 0.1) is 25.2 Å². The van der Waals surface area contributed by atoms with Gasteiger partial charge in [0.25, 0.3) is 0 Å². The average Bonchev–Trinajstić information content (AvgIpc) is 2.83. The molecule has 1 aromatic heterocycles. The third-order valence-corrected chi connectivity index (χ3v) is 2.86. The number of aromatic nitrogens is 2. The van der Waals surface area contributed by atoms with Crippen LogP contribution in [0.15, 0.2) is 12.5 Å². The maximum absolute atomic E-state index is 5.44. The van der Waals surface area contributed by atoms with E-state index in [0.29, 0.717) is 19.3 Å². The number of nitrogens with one attached hydrogen (secondary N) is 1. The highest BCUT2D eigenvalue weighted by Gasteiger charge is 2.02. The van der Waals surface area contributed by atoms with E-state index in [0.717, 1.165) is 32.5 Å². The zero-order valence-electron chi connectivity index (χ0n) is 12.4. The first-order valence-corrected chi connectivity index (χ1v) is 7.03. The van der Waals surface area contributed by atoms with Crippen LogP contribution in [0.4, 0.5) is 0 Å². The fourth-order valence-corrected chi connectivity index (χ4v) is 1.74. The number of aryl methyl sites for hydroxylation is 1. The zero-order valence-corrected chi connectivity index (χ0v) is 12.4. The largest absolute Gasteiger partial charge is 0.382 e. The summed E-state index contributed by atoms with van der Waals surface area (Å²) < 4.78 is 12.6. The Morgan fingerprint density at radius 2 is 2.11 bits per heavy atom. The molecule has 0 saturated heterocycles. The highest BCUT2D eigenvalue weighted by molar-refractivity contribution is 4.98. The van der Waals surface area contributed by atoms with Gasteiger partial charge in [0.1, 0.15) is 0 Å². The first-order chi connectivity index (χ1) is 9.24. The van der Waals surface area contributed by atoms with E-state index in [1.54, 1.807) is 7.11 Å². The van der Waals surface area contributed by atoms with Gasteiger partial charge in [-0.05, 0) is 12.8 Å². The lowest BCUT2D eigenvalue weighted by Gasteiger charge is -2.11.